The van der Waals surface area contributed by atoms with Gasteiger partial charge in [0.15, 0.2) is 11.5 Å². The summed E-state index contributed by atoms with van der Waals surface area (Å²) >= 11 is 6.71. The zero-order chi connectivity index (χ0) is 22.5. The van der Waals surface area contributed by atoms with E-state index in [1.807, 2.05) is 19.1 Å². The molecule has 1 atom stereocenters. The van der Waals surface area contributed by atoms with Gasteiger partial charge in [-0.05, 0) is 49.6 Å². The number of nitrogens with zero attached hydrogens (tertiary/aromatic N) is 1. The Balaban J connectivity index is 1.49. The smallest absolute Gasteiger partial charge is 0.266 e. The predicted molar refractivity (Wildman–Crippen MR) is 127 cm³/mol. The van der Waals surface area contributed by atoms with Gasteiger partial charge in [0.1, 0.15) is 16.7 Å². The van der Waals surface area contributed by atoms with Crippen LogP contribution in [0.3, 0.4) is 0 Å². The number of hydrogen-bond acceptors (Lipinski definition) is 6. The van der Waals surface area contributed by atoms with Crippen molar-refractivity contribution in [2.45, 2.75) is 32.5 Å². The molecular weight excluding hydrogens is 449 g/mol. The third-order valence-corrected chi connectivity index (χ3v) is 6.57. The minimum absolute atomic E-state index is 0.0484. The monoisotopic (exact) mass is 473 g/mol. The van der Waals surface area contributed by atoms with Crippen LogP contribution in [0.5, 0.6) is 11.5 Å². The van der Waals surface area contributed by atoms with E-state index in [0.29, 0.717) is 39.4 Å². The van der Waals surface area contributed by atoms with Gasteiger partial charge in [-0.25, -0.2) is 4.39 Å². The van der Waals surface area contributed by atoms with Crippen LogP contribution in [-0.4, -0.2) is 41.0 Å². The van der Waals surface area contributed by atoms with E-state index in [2.05, 4.69) is 0 Å². The van der Waals surface area contributed by atoms with Crippen LogP contribution >= 0.6 is 24.0 Å². The highest BCUT2D eigenvalue weighted by atomic mass is 32.2. The summed E-state index contributed by atoms with van der Waals surface area (Å²) in [5.41, 5.74) is 1.26. The second-order valence-corrected chi connectivity index (χ2v) is 9.12. The van der Waals surface area contributed by atoms with Gasteiger partial charge in [0, 0.05) is 12.2 Å². The summed E-state index contributed by atoms with van der Waals surface area (Å²) in [6, 6.07) is 11.9. The Hall–Kier alpha value is -2.42. The number of thiocarbonyl (C=S) groups is 1. The molecule has 4 rings (SSSR count). The van der Waals surface area contributed by atoms with Crippen molar-refractivity contribution >= 4 is 40.3 Å². The topological polar surface area (TPSA) is 48.0 Å². The fourth-order valence-corrected chi connectivity index (χ4v) is 4.85. The predicted octanol–water partition coefficient (Wildman–Crippen LogP) is 5.18. The van der Waals surface area contributed by atoms with Crippen molar-refractivity contribution in [2.24, 2.45) is 0 Å². The van der Waals surface area contributed by atoms with Crippen LogP contribution in [0.1, 0.15) is 30.9 Å². The summed E-state index contributed by atoms with van der Waals surface area (Å²) in [4.78, 5) is 15.1. The molecule has 2 saturated heterocycles. The fraction of sp³-hybridized carbons (Fsp3) is 0.333. The van der Waals surface area contributed by atoms with E-state index in [4.69, 9.17) is 26.4 Å². The molecule has 1 amide bonds. The summed E-state index contributed by atoms with van der Waals surface area (Å²) in [7, 11) is 0. The Kier molecular flexibility index (Phi) is 7.44. The molecule has 0 unspecified atom stereocenters. The number of amides is 1. The van der Waals surface area contributed by atoms with Gasteiger partial charge in [0.2, 0.25) is 0 Å². The second-order valence-electron chi connectivity index (χ2n) is 7.45. The highest BCUT2D eigenvalue weighted by Crippen LogP contribution is 2.35. The number of rotatable bonds is 8. The molecule has 168 valence electrons. The molecule has 0 aromatic heterocycles. The molecule has 5 nitrogen and oxygen atoms in total. The summed E-state index contributed by atoms with van der Waals surface area (Å²) in [5, 5.41) is 0. The molecule has 0 radical (unpaired) electrons. The van der Waals surface area contributed by atoms with Crippen LogP contribution < -0.4 is 9.47 Å². The van der Waals surface area contributed by atoms with E-state index >= 15 is 0 Å². The van der Waals surface area contributed by atoms with Gasteiger partial charge in [-0.3, -0.25) is 9.69 Å². The second kappa shape index (κ2) is 10.5. The van der Waals surface area contributed by atoms with E-state index in [1.54, 1.807) is 35.2 Å². The molecule has 2 aliphatic heterocycles. The van der Waals surface area contributed by atoms with Crippen molar-refractivity contribution in [1.82, 2.24) is 4.90 Å². The molecule has 2 heterocycles. The molecule has 2 aromatic rings. The van der Waals surface area contributed by atoms with Gasteiger partial charge < -0.3 is 14.2 Å². The van der Waals surface area contributed by atoms with Gasteiger partial charge in [-0.1, -0.05) is 48.2 Å². The first kappa shape index (κ1) is 22.8. The third kappa shape index (κ3) is 5.31. The molecule has 2 aromatic carbocycles. The van der Waals surface area contributed by atoms with E-state index in [1.165, 1.54) is 17.8 Å². The number of ether oxygens (including phenoxy) is 3. The summed E-state index contributed by atoms with van der Waals surface area (Å²) < 4.78 is 31.6. The van der Waals surface area contributed by atoms with Gasteiger partial charge in [0.25, 0.3) is 5.91 Å². The van der Waals surface area contributed by atoms with E-state index < -0.39 is 0 Å². The zero-order valence-corrected chi connectivity index (χ0v) is 19.3. The Morgan fingerprint density at radius 2 is 2.09 bits per heavy atom. The fourth-order valence-electron chi connectivity index (χ4n) is 3.57. The minimum atomic E-state index is -0.313. The molecule has 2 aliphatic rings. The van der Waals surface area contributed by atoms with Gasteiger partial charge in [0.05, 0.1) is 24.2 Å². The standard InChI is InChI=1S/C24H24FNO4S2/c1-2-28-21-12-16(9-10-20(21)30-15-17-6-3-4-8-19(17)25)13-22-23(27)26(24(31)32-22)14-18-7-5-11-29-18/h3-4,6,8-10,12-13,18H,2,5,7,11,14-15H2,1H3/b22-13-/t18-/m1/s1. The van der Waals surface area contributed by atoms with Crippen molar-refractivity contribution in [2.75, 3.05) is 19.8 Å². The lowest BCUT2D eigenvalue weighted by molar-refractivity contribution is -0.123. The van der Waals surface area contributed by atoms with Crippen molar-refractivity contribution in [3.8, 4) is 11.5 Å². The molecule has 0 spiro atoms. The Labute approximate surface area is 196 Å². The van der Waals surface area contributed by atoms with Crippen molar-refractivity contribution < 1.29 is 23.4 Å². The van der Waals surface area contributed by atoms with E-state index in [9.17, 15) is 9.18 Å². The highest BCUT2D eigenvalue weighted by Gasteiger charge is 2.34. The summed E-state index contributed by atoms with van der Waals surface area (Å²) in [6.07, 6.45) is 3.81. The average Bonchev–Trinajstić information content (AvgIpc) is 3.39. The number of thioether (sulfide) groups is 1. The van der Waals surface area contributed by atoms with Crippen LogP contribution in [0.25, 0.3) is 6.08 Å². The molecule has 0 saturated carbocycles. The normalized spacial score (nSPS) is 19.8. The first-order valence-corrected chi connectivity index (χ1v) is 11.8. The summed E-state index contributed by atoms with van der Waals surface area (Å²) in [6.45, 7) is 3.65. The lowest BCUT2D eigenvalue weighted by Gasteiger charge is -2.18. The Morgan fingerprint density at radius 3 is 2.84 bits per heavy atom. The molecular formula is C24H24FNO4S2. The van der Waals surface area contributed by atoms with Gasteiger partial charge in [-0.15, -0.1) is 0 Å². The molecule has 0 N–H and O–H groups in total. The van der Waals surface area contributed by atoms with E-state index in [0.717, 1.165) is 25.0 Å². The van der Waals surface area contributed by atoms with Gasteiger partial charge in [-0.2, -0.15) is 0 Å². The van der Waals surface area contributed by atoms with Crippen LogP contribution in [0, 0.1) is 5.82 Å². The first-order chi connectivity index (χ1) is 15.5. The maximum Gasteiger partial charge on any atom is 0.266 e. The SMILES string of the molecule is CCOc1cc(/C=C2\SC(=S)N(C[C@H]3CCCO3)C2=O)ccc1OCc1ccccc1F. The average molecular weight is 474 g/mol. The molecule has 8 heteroatoms. The largest absolute Gasteiger partial charge is 0.490 e. The van der Waals surface area contributed by atoms with Crippen LogP contribution in [0.4, 0.5) is 4.39 Å². The minimum Gasteiger partial charge on any atom is -0.490 e. The number of carbonyl (C=O) groups is 1. The third-order valence-electron chi connectivity index (χ3n) is 5.19. The van der Waals surface area contributed by atoms with E-state index in [-0.39, 0.29) is 24.4 Å². The molecule has 2 fully saturated rings. The number of hydrogen-bond donors (Lipinski definition) is 0. The molecule has 32 heavy (non-hydrogen) atoms. The van der Waals surface area contributed by atoms with Crippen molar-refractivity contribution in [3.05, 3.63) is 64.3 Å². The van der Waals surface area contributed by atoms with Crippen LogP contribution in [0.15, 0.2) is 47.4 Å². The zero-order valence-electron chi connectivity index (χ0n) is 17.7. The lowest BCUT2D eigenvalue weighted by atomic mass is 10.1. The molecule has 0 bridgehead atoms. The number of halogens is 1. The van der Waals surface area contributed by atoms with Gasteiger partial charge >= 0.3 is 0 Å². The van der Waals surface area contributed by atoms with Crippen LogP contribution in [-0.2, 0) is 16.1 Å². The maximum atomic E-state index is 13.9. The number of benzene rings is 2. The maximum absolute atomic E-state index is 13.9. The quantitative estimate of drug-likeness (QED) is 0.389. The van der Waals surface area contributed by atoms with Crippen LogP contribution in [0.2, 0.25) is 0 Å². The summed E-state index contributed by atoms with van der Waals surface area (Å²) in [5.74, 6) is 0.631. The van der Waals surface area contributed by atoms with Crippen molar-refractivity contribution in [3.63, 3.8) is 0 Å². The van der Waals surface area contributed by atoms with Crippen molar-refractivity contribution in [1.29, 1.82) is 0 Å². The lowest BCUT2D eigenvalue weighted by Crippen LogP contribution is -2.35. The first-order valence-electron chi connectivity index (χ1n) is 10.5. The Bertz CT molecular complexity index is 1040. The highest BCUT2D eigenvalue weighted by molar-refractivity contribution is 8.26. The molecule has 0 aliphatic carbocycles. The number of carbonyl (C=O) groups excluding carboxylic acids is 1. The Morgan fingerprint density at radius 1 is 1.25 bits per heavy atom.